The van der Waals surface area contributed by atoms with Crippen molar-refractivity contribution in [2.75, 3.05) is 16.9 Å². The van der Waals surface area contributed by atoms with E-state index in [0.717, 1.165) is 0 Å². The molecule has 9 N–H and O–H groups in total. The molecule has 1 unspecified atom stereocenters. The van der Waals surface area contributed by atoms with Gasteiger partial charge in [0, 0.05) is 23.5 Å². The van der Waals surface area contributed by atoms with E-state index in [-0.39, 0.29) is 25.5 Å². The summed E-state index contributed by atoms with van der Waals surface area (Å²) in [4.78, 5) is 35.9. The third kappa shape index (κ3) is 8.23. The number of carbonyl (C=O) groups excluding carboxylic acids is 3. The lowest BCUT2D eigenvalue weighted by molar-refractivity contribution is -0.128. The number of benzene rings is 1. The topological polar surface area (TPSA) is 172 Å². The molecule has 1 rings (SSSR count). The summed E-state index contributed by atoms with van der Waals surface area (Å²) in [5, 5.41) is 20.1. The highest BCUT2D eigenvalue weighted by Crippen LogP contribution is 2.22. The van der Waals surface area contributed by atoms with Gasteiger partial charge in [0.2, 0.25) is 11.8 Å². The maximum Gasteiger partial charge on any atom is 0.312 e. The second-order valence-corrected chi connectivity index (χ2v) is 7.22. The normalized spacial score (nSPS) is 12.8. The Kier molecular flexibility index (Phi) is 10.4. The number of hydrogen-bond donors (Lipinski definition) is 7. The van der Waals surface area contributed by atoms with Crippen LogP contribution in [0.15, 0.2) is 18.2 Å². The van der Waals surface area contributed by atoms with Gasteiger partial charge < -0.3 is 37.6 Å². The second kappa shape index (κ2) is 12.2. The first-order chi connectivity index (χ1) is 13.7. The highest BCUT2D eigenvalue weighted by Gasteiger charge is 2.25. The average molecular weight is 426 g/mol. The molecule has 1 aromatic carbocycles. The Balaban J connectivity index is 2.87. The van der Waals surface area contributed by atoms with Gasteiger partial charge in [-0.15, -0.1) is 0 Å². The van der Waals surface area contributed by atoms with Crippen molar-refractivity contribution in [2.45, 2.75) is 45.4 Å². The third-order valence-electron chi connectivity index (χ3n) is 4.33. The number of aliphatic hydroxyl groups excluding tert-OH is 1. The van der Waals surface area contributed by atoms with Crippen LogP contribution in [-0.2, 0) is 16.2 Å². The fraction of sp³-hybridized carbons (Fsp3) is 0.500. The minimum atomic E-state index is -0.841. The maximum atomic E-state index is 12.8. The molecule has 29 heavy (non-hydrogen) atoms. The van der Waals surface area contributed by atoms with Gasteiger partial charge in [0.05, 0.1) is 12.6 Å². The number of nitrogens with two attached hydrogens (primary N) is 2. The number of aliphatic hydroxyl groups is 1. The minimum Gasteiger partial charge on any atom is -0.392 e. The Hall–Kier alpha value is -2.42. The van der Waals surface area contributed by atoms with Crippen molar-refractivity contribution in [2.24, 2.45) is 17.4 Å². The van der Waals surface area contributed by atoms with Gasteiger partial charge in [-0.25, -0.2) is 4.79 Å². The fourth-order valence-electron chi connectivity index (χ4n) is 2.51. The molecular formula is C18H31N6O4P. The molecule has 4 amide bonds. The van der Waals surface area contributed by atoms with E-state index in [0.29, 0.717) is 23.4 Å². The Bertz CT molecular complexity index is 716. The summed E-state index contributed by atoms with van der Waals surface area (Å²) >= 11 is 0. The monoisotopic (exact) mass is 426 g/mol. The molecule has 0 bridgehead atoms. The lowest BCUT2D eigenvalue weighted by Crippen LogP contribution is -2.51. The zero-order valence-electron chi connectivity index (χ0n) is 16.7. The summed E-state index contributed by atoms with van der Waals surface area (Å²) in [6.07, 6.45) is 0.714. The molecule has 0 saturated heterocycles. The van der Waals surface area contributed by atoms with Crippen LogP contribution < -0.4 is 32.5 Å². The molecule has 162 valence electrons. The number of urea groups is 1. The first-order valence-electron chi connectivity index (χ1n) is 9.30. The van der Waals surface area contributed by atoms with Gasteiger partial charge in [0.25, 0.3) is 0 Å². The standard InChI is InChI=1S/C18H31N6O4P/c1-10(2)15(19)17(27)23-13(4-3-7-21-18(20)28)16(26)22-12-6-5-11(9-25)14(8-12)24-29/h5-6,8,10,13,15,24-25H,3-4,7,9,19,29H2,1-2H3,(H,22,26)(H,23,27)(H3,20,21,28)/t13-,15-/m0/s1. The molecule has 0 aliphatic carbocycles. The van der Waals surface area contributed by atoms with E-state index in [1.165, 1.54) is 0 Å². The Morgan fingerprint density at radius 1 is 1.21 bits per heavy atom. The molecule has 0 fully saturated rings. The minimum absolute atomic E-state index is 0.0862. The Morgan fingerprint density at radius 2 is 1.90 bits per heavy atom. The zero-order valence-corrected chi connectivity index (χ0v) is 17.9. The maximum absolute atomic E-state index is 12.8. The predicted molar refractivity (Wildman–Crippen MR) is 116 cm³/mol. The van der Waals surface area contributed by atoms with E-state index in [1.54, 1.807) is 18.2 Å². The largest absolute Gasteiger partial charge is 0.392 e. The quantitative estimate of drug-likeness (QED) is 0.197. The van der Waals surface area contributed by atoms with Crippen LogP contribution in [0.25, 0.3) is 0 Å². The summed E-state index contributed by atoms with van der Waals surface area (Å²) in [6.45, 7) is 3.76. The summed E-state index contributed by atoms with van der Waals surface area (Å²) in [7, 11) is 2.33. The predicted octanol–water partition coefficient (Wildman–Crippen LogP) is 0.236. The molecule has 11 heteroatoms. The van der Waals surface area contributed by atoms with E-state index in [9.17, 15) is 19.5 Å². The number of hydrogen-bond acceptors (Lipinski definition) is 6. The van der Waals surface area contributed by atoms with Gasteiger partial charge in [-0.3, -0.25) is 9.59 Å². The first kappa shape index (κ1) is 24.6. The van der Waals surface area contributed by atoms with E-state index < -0.39 is 29.9 Å². The molecular weight excluding hydrogens is 395 g/mol. The van der Waals surface area contributed by atoms with Crippen molar-refractivity contribution in [3.8, 4) is 0 Å². The van der Waals surface area contributed by atoms with Crippen molar-refractivity contribution in [3.05, 3.63) is 23.8 Å². The highest BCUT2D eigenvalue weighted by atomic mass is 31.0. The molecule has 10 nitrogen and oxygen atoms in total. The lowest BCUT2D eigenvalue weighted by Gasteiger charge is -2.22. The molecule has 0 aliphatic rings. The molecule has 3 atom stereocenters. The van der Waals surface area contributed by atoms with Crippen molar-refractivity contribution in [3.63, 3.8) is 0 Å². The average Bonchev–Trinajstić information content (AvgIpc) is 2.68. The molecule has 0 heterocycles. The van der Waals surface area contributed by atoms with Crippen molar-refractivity contribution in [1.82, 2.24) is 10.6 Å². The summed E-state index contributed by atoms with van der Waals surface area (Å²) in [6, 6.07) is 2.77. The third-order valence-corrected chi connectivity index (χ3v) is 4.64. The Morgan fingerprint density at radius 3 is 2.45 bits per heavy atom. The van der Waals surface area contributed by atoms with Crippen LogP contribution in [0, 0.1) is 5.92 Å². The van der Waals surface area contributed by atoms with Crippen LogP contribution in [0.1, 0.15) is 32.3 Å². The van der Waals surface area contributed by atoms with E-state index in [2.05, 4.69) is 30.4 Å². The van der Waals surface area contributed by atoms with Gasteiger partial charge >= 0.3 is 6.03 Å². The molecule has 0 aromatic heterocycles. The van der Waals surface area contributed by atoms with Crippen LogP contribution >= 0.6 is 9.39 Å². The number of amides is 4. The van der Waals surface area contributed by atoms with Gasteiger partial charge in [0.1, 0.15) is 6.04 Å². The van der Waals surface area contributed by atoms with Crippen molar-refractivity contribution < 1.29 is 19.5 Å². The van der Waals surface area contributed by atoms with Gasteiger partial charge in [0.15, 0.2) is 0 Å². The molecule has 0 radical (unpaired) electrons. The summed E-state index contributed by atoms with van der Waals surface area (Å²) in [5.41, 5.74) is 12.7. The van der Waals surface area contributed by atoms with Crippen LogP contribution in [0.5, 0.6) is 0 Å². The summed E-state index contributed by atoms with van der Waals surface area (Å²) in [5.74, 6) is -0.928. The lowest BCUT2D eigenvalue weighted by atomic mass is 10.0. The van der Waals surface area contributed by atoms with Crippen LogP contribution in [0.3, 0.4) is 0 Å². The van der Waals surface area contributed by atoms with Gasteiger partial charge in [-0.05, 0) is 40.3 Å². The molecule has 0 aliphatic heterocycles. The fourth-order valence-corrected chi connectivity index (χ4v) is 2.78. The van der Waals surface area contributed by atoms with Crippen LogP contribution in [-0.4, -0.2) is 41.6 Å². The number of nitrogens with one attached hydrogen (secondary N) is 4. The van der Waals surface area contributed by atoms with Crippen LogP contribution in [0.4, 0.5) is 16.2 Å². The van der Waals surface area contributed by atoms with E-state index >= 15 is 0 Å². The molecule has 0 saturated carbocycles. The summed E-state index contributed by atoms with van der Waals surface area (Å²) < 4.78 is 0. The molecule has 0 spiro atoms. The highest BCUT2D eigenvalue weighted by molar-refractivity contribution is 7.18. The molecule has 1 aromatic rings. The number of rotatable bonds is 11. The van der Waals surface area contributed by atoms with E-state index in [1.807, 2.05) is 13.8 Å². The van der Waals surface area contributed by atoms with Gasteiger partial charge in [-0.2, -0.15) is 0 Å². The smallest absolute Gasteiger partial charge is 0.312 e. The van der Waals surface area contributed by atoms with Gasteiger partial charge in [-0.1, -0.05) is 19.9 Å². The van der Waals surface area contributed by atoms with Crippen molar-refractivity contribution >= 4 is 38.6 Å². The second-order valence-electron chi connectivity index (χ2n) is 6.93. The van der Waals surface area contributed by atoms with E-state index in [4.69, 9.17) is 11.5 Å². The van der Waals surface area contributed by atoms with Crippen molar-refractivity contribution in [1.29, 1.82) is 0 Å². The Labute approximate surface area is 172 Å². The zero-order chi connectivity index (χ0) is 22.0. The first-order valence-corrected chi connectivity index (χ1v) is 9.87. The SMILES string of the molecule is CC(C)[C@H](N)C(=O)N[C@@H](CCCNC(N)=O)C(=O)Nc1ccc(CO)c(NP)c1. The number of primary amides is 1. The van der Waals surface area contributed by atoms with Crippen LogP contribution in [0.2, 0.25) is 0 Å². The number of carbonyl (C=O) groups is 3. The number of anilines is 2.